The van der Waals surface area contributed by atoms with Gasteiger partial charge in [0.1, 0.15) is 5.75 Å². The lowest BCUT2D eigenvalue weighted by Crippen LogP contribution is -2.04. The van der Waals surface area contributed by atoms with Crippen LogP contribution in [0.15, 0.2) is 53.4 Å². The van der Waals surface area contributed by atoms with Crippen LogP contribution in [0.25, 0.3) is 0 Å². The van der Waals surface area contributed by atoms with Crippen LogP contribution in [-0.4, -0.2) is 17.9 Å². The van der Waals surface area contributed by atoms with Crippen LogP contribution >= 0.6 is 11.8 Å². The van der Waals surface area contributed by atoms with E-state index < -0.39 is 0 Å². The maximum absolute atomic E-state index is 9.20. The summed E-state index contributed by atoms with van der Waals surface area (Å²) in [5.74, 6) is 0.319. The minimum absolute atomic E-state index is 0.319. The van der Waals surface area contributed by atoms with Gasteiger partial charge >= 0.3 is 0 Å². The molecule has 94 valence electrons. The van der Waals surface area contributed by atoms with Crippen molar-refractivity contribution in [2.24, 2.45) is 0 Å². The summed E-state index contributed by atoms with van der Waals surface area (Å²) < 4.78 is 0. The zero-order chi connectivity index (χ0) is 12.8. The van der Waals surface area contributed by atoms with Crippen molar-refractivity contribution in [1.82, 2.24) is 0 Å². The molecule has 0 saturated carbocycles. The van der Waals surface area contributed by atoms with E-state index in [1.54, 1.807) is 23.9 Å². The van der Waals surface area contributed by atoms with E-state index in [4.69, 9.17) is 0 Å². The summed E-state index contributed by atoms with van der Waals surface area (Å²) in [5.41, 5.74) is 2.38. The number of aromatic hydroxyl groups is 1. The molecule has 0 atom stereocenters. The second kappa shape index (κ2) is 6.36. The van der Waals surface area contributed by atoms with Crippen molar-refractivity contribution in [2.75, 3.05) is 18.1 Å². The predicted molar refractivity (Wildman–Crippen MR) is 78.5 cm³/mol. The van der Waals surface area contributed by atoms with Gasteiger partial charge in [-0.15, -0.1) is 11.8 Å². The third-order valence-electron chi connectivity index (χ3n) is 2.75. The van der Waals surface area contributed by atoms with Crippen molar-refractivity contribution >= 4 is 17.4 Å². The van der Waals surface area contributed by atoms with Crippen LogP contribution in [0.3, 0.4) is 0 Å². The Balaban J connectivity index is 1.86. The number of nitrogens with one attached hydrogen (secondary N) is 1. The Morgan fingerprint density at radius 3 is 2.61 bits per heavy atom. The molecule has 0 amide bonds. The summed E-state index contributed by atoms with van der Waals surface area (Å²) >= 11 is 1.75. The minimum Gasteiger partial charge on any atom is -0.508 e. The van der Waals surface area contributed by atoms with Gasteiger partial charge in [0, 0.05) is 17.1 Å². The molecule has 2 rings (SSSR count). The molecule has 0 saturated heterocycles. The molecule has 0 aromatic heterocycles. The van der Waals surface area contributed by atoms with E-state index in [0.29, 0.717) is 5.75 Å². The summed E-state index contributed by atoms with van der Waals surface area (Å²) in [4.78, 5) is 1.27. The molecule has 0 aliphatic carbocycles. The van der Waals surface area contributed by atoms with E-state index in [0.717, 1.165) is 18.7 Å². The standard InChI is InChI=1S/C15H17NOS/c1-18-15-4-2-3-13(11-15)16-10-9-12-5-7-14(17)8-6-12/h2-8,11,16-17H,9-10H2,1H3. The number of thioether (sulfide) groups is 1. The van der Waals surface area contributed by atoms with Gasteiger partial charge in [0.2, 0.25) is 0 Å². The minimum atomic E-state index is 0.319. The molecule has 3 heteroatoms. The fourth-order valence-electron chi connectivity index (χ4n) is 1.75. The highest BCUT2D eigenvalue weighted by atomic mass is 32.2. The first kappa shape index (κ1) is 12.8. The molecular formula is C15H17NOS. The van der Waals surface area contributed by atoms with Gasteiger partial charge < -0.3 is 10.4 Å². The first-order chi connectivity index (χ1) is 8.78. The number of phenolic OH excluding ortho intramolecular Hbond substituents is 1. The number of hydrogen-bond donors (Lipinski definition) is 2. The topological polar surface area (TPSA) is 32.3 Å². The van der Waals surface area contributed by atoms with E-state index in [2.05, 4.69) is 35.8 Å². The first-order valence-electron chi connectivity index (χ1n) is 5.94. The van der Waals surface area contributed by atoms with Gasteiger partial charge in [0.15, 0.2) is 0 Å². The van der Waals surface area contributed by atoms with E-state index in [-0.39, 0.29) is 0 Å². The van der Waals surface area contributed by atoms with Gasteiger partial charge in [-0.05, 0) is 48.6 Å². The quantitative estimate of drug-likeness (QED) is 0.802. The maximum atomic E-state index is 9.20. The second-order valence-corrected chi connectivity index (χ2v) is 4.95. The summed E-state index contributed by atoms with van der Waals surface area (Å²) in [6.45, 7) is 0.891. The molecule has 2 nitrogen and oxygen atoms in total. The smallest absolute Gasteiger partial charge is 0.115 e. The van der Waals surface area contributed by atoms with E-state index in [1.165, 1.54) is 10.5 Å². The zero-order valence-electron chi connectivity index (χ0n) is 10.4. The fourth-order valence-corrected chi connectivity index (χ4v) is 2.21. The third-order valence-corrected chi connectivity index (χ3v) is 3.47. The Hall–Kier alpha value is -1.61. The lowest BCUT2D eigenvalue weighted by molar-refractivity contribution is 0.475. The van der Waals surface area contributed by atoms with Crippen LogP contribution in [0.4, 0.5) is 5.69 Å². The Bertz CT molecular complexity index is 496. The Kier molecular flexibility index (Phi) is 4.53. The maximum Gasteiger partial charge on any atom is 0.115 e. The van der Waals surface area contributed by atoms with Crippen molar-refractivity contribution < 1.29 is 5.11 Å². The first-order valence-corrected chi connectivity index (χ1v) is 7.16. The lowest BCUT2D eigenvalue weighted by atomic mass is 10.1. The van der Waals surface area contributed by atoms with E-state index in [1.807, 2.05) is 12.1 Å². The van der Waals surface area contributed by atoms with Gasteiger partial charge in [-0.2, -0.15) is 0 Å². The molecule has 2 aromatic rings. The van der Waals surface area contributed by atoms with Crippen LogP contribution in [0.5, 0.6) is 5.75 Å². The molecule has 0 radical (unpaired) electrons. The average Bonchev–Trinajstić information content (AvgIpc) is 2.41. The number of benzene rings is 2. The molecule has 0 aliphatic heterocycles. The van der Waals surface area contributed by atoms with Gasteiger partial charge in [0.25, 0.3) is 0 Å². The molecule has 18 heavy (non-hydrogen) atoms. The van der Waals surface area contributed by atoms with Crippen LogP contribution in [0.1, 0.15) is 5.56 Å². The molecular weight excluding hydrogens is 242 g/mol. The lowest BCUT2D eigenvalue weighted by Gasteiger charge is -2.07. The number of hydrogen-bond acceptors (Lipinski definition) is 3. The Morgan fingerprint density at radius 2 is 1.89 bits per heavy atom. The molecule has 0 fully saturated rings. The van der Waals surface area contributed by atoms with Gasteiger partial charge in [0.05, 0.1) is 0 Å². The second-order valence-electron chi connectivity index (χ2n) is 4.08. The summed E-state index contributed by atoms with van der Waals surface area (Å²) in [6, 6.07) is 15.8. The highest BCUT2D eigenvalue weighted by molar-refractivity contribution is 7.98. The van der Waals surface area contributed by atoms with Crippen molar-refractivity contribution in [3.63, 3.8) is 0 Å². The molecule has 2 aromatic carbocycles. The fraction of sp³-hybridized carbons (Fsp3) is 0.200. The summed E-state index contributed by atoms with van der Waals surface area (Å²) in [6.07, 6.45) is 3.03. The van der Waals surface area contributed by atoms with Crippen molar-refractivity contribution in [2.45, 2.75) is 11.3 Å². The third kappa shape index (κ3) is 3.70. The number of phenols is 1. The highest BCUT2D eigenvalue weighted by Gasteiger charge is 1.96. The SMILES string of the molecule is CSc1cccc(NCCc2ccc(O)cc2)c1. The molecule has 2 N–H and O–H groups in total. The summed E-state index contributed by atoms with van der Waals surface area (Å²) in [7, 11) is 0. The highest BCUT2D eigenvalue weighted by Crippen LogP contribution is 2.19. The number of anilines is 1. The molecule has 0 aliphatic rings. The molecule has 0 heterocycles. The Labute approximate surface area is 112 Å². The monoisotopic (exact) mass is 259 g/mol. The zero-order valence-corrected chi connectivity index (χ0v) is 11.2. The van der Waals surface area contributed by atoms with Gasteiger partial charge in [-0.3, -0.25) is 0 Å². The molecule has 0 spiro atoms. The van der Waals surface area contributed by atoms with Gasteiger partial charge in [-0.25, -0.2) is 0 Å². The predicted octanol–water partition coefficient (Wildman–Crippen LogP) is 3.77. The van der Waals surface area contributed by atoms with E-state index >= 15 is 0 Å². The van der Waals surface area contributed by atoms with E-state index in [9.17, 15) is 5.11 Å². The van der Waals surface area contributed by atoms with Crippen molar-refractivity contribution in [3.8, 4) is 5.75 Å². The van der Waals surface area contributed by atoms with Crippen LogP contribution < -0.4 is 5.32 Å². The number of rotatable bonds is 5. The van der Waals surface area contributed by atoms with Gasteiger partial charge in [-0.1, -0.05) is 18.2 Å². The average molecular weight is 259 g/mol. The van der Waals surface area contributed by atoms with Crippen molar-refractivity contribution in [3.05, 3.63) is 54.1 Å². The van der Waals surface area contributed by atoms with Crippen LogP contribution in [0.2, 0.25) is 0 Å². The van der Waals surface area contributed by atoms with Crippen molar-refractivity contribution in [1.29, 1.82) is 0 Å². The van der Waals surface area contributed by atoms with Crippen LogP contribution in [0, 0.1) is 0 Å². The van der Waals surface area contributed by atoms with Crippen LogP contribution in [-0.2, 0) is 6.42 Å². The molecule has 0 unspecified atom stereocenters. The Morgan fingerprint density at radius 1 is 1.11 bits per heavy atom. The normalized spacial score (nSPS) is 10.3. The summed E-state index contributed by atoms with van der Waals surface area (Å²) in [5, 5.41) is 12.6. The largest absolute Gasteiger partial charge is 0.508 e. The molecule has 0 bridgehead atoms.